The topological polar surface area (TPSA) is 26.3 Å². The fourth-order valence-corrected chi connectivity index (χ4v) is 1.40. The van der Waals surface area contributed by atoms with E-state index in [1.165, 1.54) is 0 Å². The van der Waals surface area contributed by atoms with E-state index in [4.69, 9.17) is 4.74 Å². The molecule has 0 N–H and O–H groups in total. The Bertz CT molecular complexity index is 222. The number of ether oxygens (including phenoxy) is 1. The van der Waals surface area contributed by atoms with Crippen LogP contribution >= 0.6 is 15.9 Å². The molecule has 74 valence electrons. The summed E-state index contributed by atoms with van der Waals surface area (Å²) in [4.78, 5) is 10.7. The molecule has 0 rings (SSSR count). The number of alkyl halides is 1. The van der Waals surface area contributed by atoms with Crippen LogP contribution in [-0.2, 0) is 9.53 Å². The van der Waals surface area contributed by atoms with Crippen molar-refractivity contribution in [2.24, 2.45) is 0 Å². The molecule has 0 aromatic carbocycles. The molecule has 0 heterocycles. The van der Waals surface area contributed by atoms with Crippen LogP contribution in [0.25, 0.3) is 0 Å². The second-order valence-corrected chi connectivity index (χ2v) is 8.97. The molecular formula is C9H15BrO2Si. The monoisotopic (exact) mass is 262 g/mol. The second-order valence-electron chi connectivity index (χ2n) is 3.66. The van der Waals surface area contributed by atoms with Crippen LogP contribution in [0, 0.1) is 11.5 Å². The maximum atomic E-state index is 10.7. The van der Waals surface area contributed by atoms with E-state index in [9.17, 15) is 4.79 Å². The Labute approximate surface area is 89.2 Å². The summed E-state index contributed by atoms with van der Waals surface area (Å²) in [5, 5.41) is 0.258. The normalized spacial score (nSPS) is 10.2. The van der Waals surface area contributed by atoms with E-state index in [1.54, 1.807) is 0 Å². The molecule has 0 bridgehead atoms. The fraction of sp³-hybridized carbons (Fsp3) is 0.667. The van der Waals surface area contributed by atoms with Crippen molar-refractivity contribution in [1.82, 2.24) is 0 Å². The summed E-state index contributed by atoms with van der Waals surface area (Å²) < 4.78 is 4.83. The van der Waals surface area contributed by atoms with Gasteiger partial charge in [-0.15, -0.1) is 11.5 Å². The Morgan fingerprint density at radius 3 is 2.54 bits per heavy atom. The van der Waals surface area contributed by atoms with Crippen LogP contribution in [-0.4, -0.2) is 26.0 Å². The van der Waals surface area contributed by atoms with Crippen molar-refractivity contribution in [3.63, 3.8) is 0 Å². The Hall–Kier alpha value is -0.273. The summed E-state index contributed by atoms with van der Waals surface area (Å²) in [5.41, 5.74) is 3.20. The van der Waals surface area contributed by atoms with Gasteiger partial charge in [0.15, 0.2) is 0 Å². The summed E-state index contributed by atoms with van der Waals surface area (Å²) in [7, 11) is -1.25. The van der Waals surface area contributed by atoms with E-state index < -0.39 is 8.07 Å². The van der Waals surface area contributed by atoms with Gasteiger partial charge in [0, 0.05) is 6.42 Å². The van der Waals surface area contributed by atoms with E-state index in [0.29, 0.717) is 13.0 Å². The molecule has 0 aromatic rings. The van der Waals surface area contributed by atoms with Crippen LogP contribution in [0.2, 0.25) is 19.6 Å². The molecular weight excluding hydrogens is 248 g/mol. The van der Waals surface area contributed by atoms with Crippen LogP contribution in [0.1, 0.15) is 6.42 Å². The maximum absolute atomic E-state index is 10.7. The molecule has 0 aliphatic heterocycles. The van der Waals surface area contributed by atoms with Gasteiger partial charge in [-0.25, -0.2) is 0 Å². The van der Waals surface area contributed by atoms with Gasteiger partial charge in [-0.3, -0.25) is 4.79 Å². The van der Waals surface area contributed by atoms with Gasteiger partial charge in [-0.2, -0.15) is 0 Å². The first-order valence-electron chi connectivity index (χ1n) is 4.17. The van der Waals surface area contributed by atoms with E-state index in [2.05, 4.69) is 47.0 Å². The van der Waals surface area contributed by atoms with Crippen molar-refractivity contribution in [3.05, 3.63) is 0 Å². The number of carbonyl (C=O) groups excluding carboxylic acids is 1. The first-order valence-corrected chi connectivity index (χ1v) is 8.79. The number of rotatable bonds is 3. The quantitative estimate of drug-likeness (QED) is 0.256. The zero-order valence-electron chi connectivity index (χ0n) is 8.32. The fourth-order valence-electron chi connectivity index (χ4n) is 0.582. The lowest BCUT2D eigenvalue weighted by Gasteiger charge is -2.03. The van der Waals surface area contributed by atoms with Crippen molar-refractivity contribution < 1.29 is 9.53 Å². The minimum Gasteiger partial charge on any atom is -0.464 e. The lowest BCUT2D eigenvalue weighted by molar-refractivity contribution is -0.140. The predicted molar refractivity (Wildman–Crippen MR) is 60.5 cm³/mol. The van der Waals surface area contributed by atoms with E-state index in [0.717, 1.165) is 0 Å². The number of hydrogen-bond acceptors (Lipinski definition) is 2. The minimum atomic E-state index is -1.25. The summed E-state index contributed by atoms with van der Waals surface area (Å²) in [5.74, 6) is 2.80. The van der Waals surface area contributed by atoms with Gasteiger partial charge in [0.25, 0.3) is 0 Å². The van der Waals surface area contributed by atoms with Gasteiger partial charge in [-0.05, 0) is 0 Å². The first kappa shape index (κ1) is 12.7. The minimum absolute atomic E-state index is 0.227. The molecule has 13 heavy (non-hydrogen) atoms. The zero-order valence-corrected chi connectivity index (χ0v) is 10.9. The molecule has 0 unspecified atom stereocenters. The molecule has 0 saturated carbocycles. The van der Waals surface area contributed by atoms with Crippen molar-refractivity contribution in [2.45, 2.75) is 26.1 Å². The molecule has 0 aliphatic rings. The third kappa shape index (κ3) is 9.64. The smallest absolute Gasteiger partial charge is 0.316 e. The molecule has 0 aliphatic carbocycles. The van der Waals surface area contributed by atoms with Gasteiger partial charge >= 0.3 is 5.97 Å². The van der Waals surface area contributed by atoms with Crippen molar-refractivity contribution in [2.75, 3.05) is 11.9 Å². The highest BCUT2D eigenvalue weighted by molar-refractivity contribution is 9.09. The molecule has 0 aromatic heterocycles. The predicted octanol–water partition coefficient (Wildman–Crippen LogP) is 2.20. The lowest BCUT2D eigenvalue weighted by atomic mass is 10.5. The highest BCUT2D eigenvalue weighted by Crippen LogP contribution is 1.96. The standard InChI is InChI=1S/C9H15BrO2Si/c1-13(2,3)7-5-4-6-12-9(11)8-10/h4,6,8H2,1-3H3. The SMILES string of the molecule is C[Si](C)(C)C#CCCOC(=O)CBr. The lowest BCUT2D eigenvalue weighted by Crippen LogP contribution is -2.16. The van der Waals surface area contributed by atoms with Crippen LogP contribution < -0.4 is 0 Å². The molecule has 0 saturated heterocycles. The van der Waals surface area contributed by atoms with Crippen LogP contribution in [0.15, 0.2) is 0 Å². The van der Waals surface area contributed by atoms with Gasteiger partial charge in [-0.1, -0.05) is 35.6 Å². The molecule has 0 atom stereocenters. The van der Waals surface area contributed by atoms with Crippen molar-refractivity contribution in [3.8, 4) is 11.5 Å². The number of carbonyl (C=O) groups is 1. The van der Waals surface area contributed by atoms with Gasteiger partial charge in [0.1, 0.15) is 20.0 Å². The van der Waals surface area contributed by atoms with Crippen LogP contribution in [0.5, 0.6) is 0 Å². The molecule has 4 heteroatoms. The van der Waals surface area contributed by atoms with E-state index in [1.807, 2.05) is 0 Å². The van der Waals surface area contributed by atoms with Crippen LogP contribution in [0.3, 0.4) is 0 Å². The molecule has 0 radical (unpaired) electrons. The summed E-state index contributed by atoms with van der Waals surface area (Å²) in [6.45, 7) is 6.96. The second kappa shape index (κ2) is 6.22. The number of halogens is 1. The summed E-state index contributed by atoms with van der Waals surface area (Å²) >= 11 is 3.01. The van der Waals surface area contributed by atoms with Crippen LogP contribution in [0.4, 0.5) is 0 Å². The number of hydrogen-bond donors (Lipinski definition) is 0. The van der Waals surface area contributed by atoms with Crippen molar-refractivity contribution in [1.29, 1.82) is 0 Å². The Balaban J connectivity index is 3.55. The zero-order chi connectivity index (χ0) is 10.3. The van der Waals surface area contributed by atoms with Gasteiger partial charge < -0.3 is 4.74 Å². The van der Waals surface area contributed by atoms with Gasteiger partial charge in [0.05, 0.1) is 0 Å². The van der Waals surface area contributed by atoms with Crippen molar-refractivity contribution >= 4 is 30.0 Å². The maximum Gasteiger partial charge on any atom is 0.316 e. The van der Waals surface area contributed by atoms with Gasteiger partial charge in [0.2, 0.25) is 0 Å². The Morgan fingerprint density at radius 1 is 1.46 bits per heavy atom. The summed E-state index contributed by atoms with van der Waals surface area (Å²) in [6.07, 6.45) is 0.642. The largest absolute Gasteiger partial charge is 0.464 e. The average Bonchev–Trinajstić information content (AvgIpc) is 2.01. The Kier molecular flexibility index (Phi) is 6.09. The number of esters is 1. The Morgan fingerprint density at radius 2 is 2.08 bits per heavy atom. The average molecular weight is 263 g/mol. The highest BCUT2D eigenvalue weighted by atomic mass is 79.9. The van der Waals surface area contributed by atoms with E-state index in [-0.39, 0.29) is 11.3 Å². The third-order valence-corrected chi connectivity index (χ3v) is 2.45. The first-order chi connectivity index (χ1) is 5.95. The molecule has 2 nitrogen and oxygen atoms in total. The molecule has 0 amide bonds. The van der Waals surface area contributed by atoms with E-state index >= 15 is 0 Å². The molecule has 0 fully saturated rings. The third-order valence-electron chi connectivity index (χ3n) is 1.06. The highest BCUT2D eigenvalue weighted by Gasteiger charge is 2.06. The summed E-state index contributed by atoms with van der Waals surface area (Å²) in [6, 6.07) is 0. The molecule has 0 spiro atoms.